The smallest absolute Gasteiger partial charge is 0.288 e. The van der Waals surface area contributed by atoms with Crippen LogP contribution < -0.4 is 20.3 Å². The van der Waals surface area contributed by atoms with Crippen molar-refractivity contribution in [2.24, 2.45) is 0 Å². The molecular formula is C18H20ClN3O4. The number of hydrogen-bond donors (Lipinski definition) is 2. The van der Waals surface area contributed by atoms with Crippen LogP contribution in [0.1, 0.15) is 41.1 Å². The van der Waals surface area contributed by atoms with E-state index >= 15 is 0 Å². The maximum atomic E-state index is 12.3. The molecule has 1 heterocycles. The van der Waals surface area contributed by atoms with Crippen LogP contribution in [-0.2, 0) is 0 Å². The third-order valence-corrected chi connectivity index (χ3v) is 3.49. The van der Waals surface area contributed by atoms with Gasteiger partial charge in [0.1, 0.15) is 5.69 Å². The summed E-state index contributed by atoms with van der Waals surface area (Å²) in [6.07, 6.45) is 2.30. The first-order chi connectivity index (χ1) is 12.6. The summed E-state index contributed by atoms with van der Waals surface area (Å²) < 4.78 is 11.1. The molecule has 0 saturated carbocycles. The number of hydrogen-bond acceptors (Lipinski definition) is 5. The van der Waals surface area contributed by atoms with Crippen LogP contribution in [0.25, 0.3) is 0 Å². The van der Waals surface area contributed by atoms with E-state index in [0.717, 1.165) is 6.42 Å². The second-order valence-corrected chi connectivity index (χ2v) is 5.60. The highest BCUT2D eigenvalue weighted by Crippen LogP contribution is 2.36. The van der Waals surface area contributed by atoms with Gasteiger partial charge in [0, 0.05) is 11.8 Å². The van der Waals surface area contributed by atoms with Gasteiger partial charge in [0.05, 0.1) is 18.2 Å². The lowest BCUT2D eigenvalue weighted by molar-refractivity contribution is 0.0843. The predicted molar refractivity (Wildman–Crippen MR) is 97.6 cm³/mol. The van der Waals surface area contributed by atoms with Gasteiger partial charge in [-0.1, -0.05) is 24.6 Å². The molecule has 0 aliphatic carbocycles. The standard InChI is InChI=1S/C18H20ClN3O4/c1-3-9-26-16-13(19)10-12(11-15(16)25-4-2)17(23)21-22-18(24)14-7-5-6-8-20-14/h5-8,10-11H,3-4,9H2,1-2H3,(H,21,23)(H,22,24). The van der Waals surface area contributed by atoms with E-state index in [-0.39, 0.29) is 16.3 Å². The van der Waals surface area contributed by atoms with E-state index in [1.807, 2.05) is 13.8 Å². The van der Waals surface area contributed by atoms with E-state index in [4.69, 9.17) is 21.1 Å². The third kappa shape index (κ3) is 5.10. The summed E-state index contributed by atoms with van der Waals surface area (Å²) in [5.74, 6) is -0.309. The molecule has 7 nitrogen and oxygen atoms in total. The van der Waals surface area contributed by atoms with Crippen LogP contribution in [0, 0.1) is 0 Å². The van der Waals surface area contributed by atoms with E-state index < -0.39 is 11.8 Å². The molecule has 0 aliphatic heterocycles. The van der Waals surface area contributed by atoms with Crippen molar-refractivity contribution in [3.63, 3.8) is 0 Å². The molecule has 1 aromatic carbocycles. The molecule has 0 spiro atoms. The number of carbonyl (C=O) groups is 2. The van der Waals surface area contributed by atoms with Crippen molar-refractivity contribution >= 4 is 23.4 Å². The Hall–Kier alpha value is -2.80. The molecule has 0 unspecified atom stereocenters. The van der Waals surface area contributed by atoms with E-state index in [0.29, 0.717) is 24.7 Å². The summed E-state index contributed by atoms with van der Waals surface area (Å²) in [5, 5.41) is 0.255. The molecule has 1 aromatic heterocycles. The normalized spacial score (nSPS) is 10.1. The van der Waals surface area contributed by atoms with E-state index in [2.05, 4.69) is 15.8 Å². The summed E-state index contributed by atoms with van der Waals surface area (Å²) >= 11 is 6.23. The largest absolute Gasteiger partial charge is 0.490 e. The minimum absolute atomic E-state index is 0.184. The quantitative estimate of drug-likeness (QED) is 0.724. The molecule has 0 fully saturated rings. The maximum absolute atomic E-state index is 12.3. The number of ether oxygens (including phenoxy) is 2. The molecule has 2 amide bonds. The summed E-state index contributed by atoms with van der Waals surface area (Å²) in [5.41, 5.74) is 5.03. The van der Waals surface area contributed by atoms with Crippen LogP contribution in [0.2, 0.25) is 5.02 Å². The number of halogens is 1. The number of nitrogens with zero attached hydrogens (tertiary/aromatic N) is 1. The van der Waals surface area contributed by atoms with Crippen LogP contribution >= 0.6 is 11.6 Å². The van der Waals surface area contributed by atoms with Gasteiger partial charge in [-0.3, -0.25) is 25.4 Å². The molecule has 0 radical (unpaired) electrons. The molecular weight excluding hydrogens is 358 g/mol. The summed E-state index contributed by atoms with van der Waals surface area (Å²) in [6.45, 7) is 4.66. The zero-order valence-corrected chi connectivity index (χ0v) is 15.3. The lowest BCUT2D eigenvalue weighted by atomic mass is 10.2. The first-order valence-corrected chi connectivity index (χ1v) is 8.55. The van der Waals surface area contributed by atoms with Crippen LogP contribution in [-0.4, -0.2) is 30.0 Å². The average molecular weight is 378 g/mol. The van der Waals surface area contributed by atoms with Gasteiger partial charge >= 0.3 is 0 Å². The van der Waals surface area contributed by atoms with Gasteiger partial charge in [-0.2, -0.15) is 0 Å². The zero-order chi connectivity index (χ0) is 18.9. The number of benzene rings is 1. The molecule has 2 aromatic rings. The van der Waals surface area contributed by atoms with Gasteiger partial charge < -0.3 is 9.47 Å². The highest BCUT2D eigenvalue weighted by atomic mass is 35.5. The number of carbonyl (C=O) groups excluding carboxylic acids is 2. The zero-order valence-electron chi connectivity index (χ0n) is 14.5. The summed E-state index contributed by atoms with van der Waals surface area (Å²) in [4.78, 5) is 28.1. The van der Waals surface area contributed by atoms with Gasteiger partial charge in [-0.15, -0.1) is 0 Å². The number of rotatable bonds is 7. The van der Waals surface area contributed by atoms with Crippen LogP contribution in [0.15, 0.2) is 36.5 Å². The van der Waals surface area contributed by atoms with E-state index in [1.54, 1.807) is 12.1 Å². The topological polar surface area (TPSA) is 89.6 Å². The Labute approximate surface area is 156 Å². The van der Waals surface area contributed by atoms with Crippen molar-refractivity contribution in [1.82, 2.24) is 15.8 Å². The molecule has 2 rings (SSSR count). The molecule has 0 bridgehead atoms. The van der Waals surface area contributed by atoms with Gasteiger partial charge in [0.15, 0.2) is 11.5 Å². The molecule has 0 aliphatic rings. The number of aromatic nitrogens is 1. The van der Waals surface area contributed by atoms with Crippen molar-refractivity contribution in [3.05, 3.63) is 52.8 Å². The lowest BCUT2D eigenvalue weighted by Crippen LogP contribution is -2.41. The molecule has 138 valence electrons. The number of pyridine rings is 1. The third-order valence-electron chi connectivity index (χ3n) is 3.21. The minimum atomic E-state index is -0.542. The van der Waals surface area contributed by atoms with Crippen molar-refractivity contribution in [3.8, 4) is 11.5 Å². The van der Waals surface area contributed by atoms with E-state index in [1.165, 1.54) is 24.4 Å². The summed E-state index contributed by atoms with van der Waals surface area (Å²) in [7, 11) is 0. The Morgan fingerprint density at radius 2 is 1.88 bits per heavy atom. The molecule has 26 heavy (non-hydrogen) atoms. The minimum Gasteiger partial charge on any atom is -0.490 e. The molecule has 2 N–H and O–H groups in total. The monoisotopic (exact) mass is 377 g/mol. The molecule has 0 saturated heterocycles. The van der Waals surface area contributed by atoms with Gasteiger partial charge in [-0.05, 0) is 37.6 Å². The number of nitrogens with one attached hydrogen (secondary N) is 2. The Morgan fingerprint density at radius 3 is 2.54 bits per heavy atom. The van der Waals surface area contributed by atoms with Crippen LogP contribution in [0.4, 0.5) is 0 Å². The Kier molecular flexibility index (Phi) is 7.23. The SMILES string of the molecule is CCCOc1c(Cl)cc(C(=O)NNC(=O)c2ccccn2)cc1OCC. The first-order valence-electron chi connectivity index (χ1n) is 8.17. The highest BCUT2D eigenvalue weighted by molar-refractivity contribution is 6.32. The first kappa shape index (κ1) is 19.5. The fourth-order valence-electron chi connectivity index (χ4n) is 2.05. The van der Waals surface area contributed by atoms with Crippen molar-refractivity contribution < 1.29 is 19.1 Å². The van der Waals surface area contributed by atoms with Crippen molar-refractivity contribution in [2.45, 2.75) is 20.3 Å². The average Bonchev–Trinajstić information content (AvgIpc) is 2.66. The fraction of sp³-hybridized carbons (Fsp3) is 0.278. The number of amides is 2. The maximum Gasteiger partial charge on any atom is 0.288 e. The van der Waals surface area contributed by atoms with Crippen LogP contribution in [0.3, 0.4) is 0 Å². The Morgan fingerprint density at radius 1 is 1.12 bits per heavy atom. The molecule has 8 heteroatoms. The van der Waals surface area contributed by atoms with E-state index in [9.17, 15) is 9.59 Å². The second kappa shape index (κ2) is 9.62. The molecule has 0 atom stereocenters. The second-order valence-electron chi connectivity index (χ2n) is 5.19. The van der Waals surface area contributed by atoms with Crippen LogP contribution in [0.5, 0.6) is 11.5 Å². The number of hydrazine groups is 1. The fourth-order valence-corrected chi connectivity index (χ4v) is 2.32. The van der Waals surface area contributed by atoms with Crippen molar-refractivity contribution in [2.75, 3.05) is 13.2 Å². The lowest BCUT2D eigenvalue weighted by Gasteiger charge is -2.15. The van der Waals surface area contributed by atoms with Gasteiger partial charge in [-0.25, -0.2) is 0 Å². The predicted octanol–water partition coefficient (Wildman–Crippen LogP) is 3.00. The summed E-state index contributed by atoms with van der Waals surface area (Å²) in [6, 6.07) is 7.87. The highest BCUT2D eigenvalue weighted by Gasteiger charge is 2.17. The Balaban J connectivity index is 2.11. The Bertz CT molecular complexity index is 769. The van der Waals surface area contributed by atoms with Gasteiger partial charge in [0.2, 0.25) is 0 Å². The van der Waals surface area contributed by atoms with Gasteiger partial charge in [0.25, 0.3) is 11.8 Å². The van der Waals surface area contributed by atoms with Crippen molar-refractivity contribution in [1.29, 1.82) is 0 Å².